The summed E-state index contributed by atoms with van der Waals surface area (Å²) in [7, 11) is 2.08. The van der Waals surface area contributed by atoms with Gasteiger partial charge in [0.2, 0.25) is 0 Å². The van der Waals surface area contributed by atoms with Gasteiger partial charge >= 0.3 is 0 Å². The van der Waals surface area contributed by atoms with Gasteiger partial charge in [0.15, 0.2) is 0 Å². The van der Waals surface area contributed by atoms with E-state index in [2.05, 4.69) is 33.3 Å². The number of nitrogens with two attached hydrogens (primary N) is 1. The number of hydrazine groups is 1. The zero-order valence-corrected chi connectivity index (χ0v) is 13.1. The molecule has 20 heavy (non-hydrogen) atoms. The van der Waals surface area contributed by atoms with Crippen LogP contribution in [0, 0.1) is 0 Å². The molecular weight excluding hydrogens is 322 g/mol. The average molecular weight is 342 g/mol. The molecule has 0 aromatic heterocycles. The van der Waals surface area contributed by atoms with Crippen LogP contribution >= 0.6 is 15.9 Å². The van der Waals surface area contributed by atoms with Crippen LogP contribution in [0.25, 0.3) is 0 Å². The summed E-state index contributed by atoms with van der Waals surface area (Å²) in [5, 5.41) is 0. The highest BCUT2D eigenvalue weighted by Gasteiger charge is 2.18. The van der Waals surface area contributed by atoms with Crippen molar-refractivity contribution in [3.05, 3.63) is 33.8 Å². The molecular formula is C14H20BrN3O2. The molecule has 2 rings (SSSR count). The molecule has 1 aliphatic rings. The van der Waals surface area contributed by atoms with Crippen LogP contribution in [0.1, 0.15) is 28.8 Å². The Balaban J connectivity index is 1.96. The zero-order valence-electron chi connectivity index (χ0n) is 11.6. The second-order valence-electron chi connectivity index (χ2n) is 5.11. The second kappa shape index (κ2) is 7.17. The molecule has 1 aliphatic heterocycles. The van der Waals surface area contributed by atoms with Crippen molar-refractivity contribution in [1.82, 2.24) is 10.3 Å². The number of halogens is 1. The second-order valence-corrected chi connectivity index (χ2v) is 5.97. The number of nitrogens with one attached hydrogen (secondary N) is 1. The van der Waals surface area contributed by atoms with E-state index < -0.39 is 0 Å². The summed E-state index contributed by atoms with van der Waals surface area (Å²) in [4.78, 5) is 13.7. The molecule has 6 heteroatoms. The summed E-state index contributed by atoms with van der Waals surface area (Å²) in [6, 6.07) is 5.51. The Hall–Kier alpha value is -0.950. The third-order valence-electron chi connectivity index (χ3n) is 3.43. The number of likely N-dealkylation sites (N-methyl/N-ethyl adjacent to an activating group) is 1. The first kappa shape index (κ1) is 15.4. The minimum absolute atomic E-state index is 0.287. The maximum atomic E-state index is 11.4. The first-order valence-electron chi connectivity index (χ1n) is 6.69. The minimum Gasteiger partial charge on any atom is -0.377 e. The highest BCUT2D eigenvalue weighted by Crippen LogP contribution is 2.21. The zero-order chi connectivity index (χ0) is 14.5. The molecule has 0 radical (unpaired) electrons. The molecule has 1 unspecified atom stereocenters. The van der Waals surface area contributed by atoms with E-state index in [1.54, 1.807) is 12.1 Å². The number of hydrogen-bond donors (Lipinski definition) is 2. The van der Waals surface area contributed by atoms with Gasteiger partial charge in [0.25, 0.3) is 5.91 Å². The quantitative estimate of drug-likeness (QED) is 0.485. The van der Waals surface area contributed by atoms with Crippen LogP contribution in [0.5, 0.6) is 0 Å². The number of nitrogen functional groups attached to an aromatic ring is 1. The van der Waals surface area contributed by atoms with E-state index in [0.29, 0.717) is 11.7 Å². The number of amides is 1. The minimum atomic E-state index is -0.287. The van der Waals surface area contributed by atoms with Gasteiger partial charge in [-0.3, -0.25) is 15.1 Å². The number of hydrogen-bond acceptors (Lipinski definition) is 4. The van der Waals surface area contributed by atoms with Crippen LogP contribution in [0.3, 0.4) is 0 Å². The van der Waals surface area contributed by atoms with E-state index >= 15 is 0 Å². The number of carbonyl (C=O) groups is 1. The first-order chi connectivity index (χ1) is 9.60. The van der Waals surface area contributed by atoms with Gasteiger partial charge < -0.3 is 4.74 Å². The van der Waals surface area contributed by atoms with E-state index in [1.807, 2.05) is 6.07 Å². The average Bonchev–Trinajstić information content (AvgIpc) is 2.93. The molecule has 1 amide bonds. The lowest BCUT2D eigenvalue weighted by atomic mass is 10.1. The largest absolute Gasteiger partial charge is 0.377 e. The van der Waals surface area contributed by atoms with Crippen molar-refractivity contribution in [3.8, 4) is 0 Å². The highest BCUT2D eigenvalue weighted by atomic mass is 79.9. The Labute approximate surface area is 127 Å². The fourth-order valence-electron chi connectivity index (χ4n) is 2.39. The summed E-state index contributed by atoms with van der Waals surface area (Å²) < 4.78 is 6.55. The fourth-order valence-corrected chi connectivity index (χ4v) is 2.90. The Morgan fingerprint density at radius 3 is 3.00 bits per heavy atom. The Bertz CT molecular complexity index is 475. The van der Waals surface area contributed by atoms with E-state index in [-0.39, 0.29) is 5.91 Å². The molecule has 110 valence electrons. The predicted octanol–water partition coefficient (Wildman–Crippen LogP) is 1.66. The van der Waals surface area contributed by atoms with Crippen molar-refractivity contribution < 1.29 is 9.53 Å². The monoisotopic (exact) mass is 341 g/mol. The van der Waals surface area contributed by atoms with Crippen molar-refractivity contribution in [2.24, 2.45) is 5.84 Å². The molecule has 3 N–H and O–H groups in total. The number of nitrogens with zero attached hydrogens (tertiary/aromatic N) is 1. The fraction of sp³-hybridized carbons (Fsp3) is 0.500. The summed E-state index contributed by atoms with van der Waals surface area (Å²) >= 11 is 3.51. The van der Waals surface area contributed by atoms with Gasteiger partial charge in [-0.2, -0.15) is 0 Å². The number of ether oxygens (including phenoxy) is 1. The molecule has 1 aromatic carbocycles. The Kier molecular flexibility index (Phi) is 5.54. The van der Waals surface area contributed by atoms with Gasteiger partial charge in [-0.1, -0.05) is 22.0 Å². The Morgan fingerprint density at radius 2 is 2.40 bits per heavy atom. The summed E-state index contributed by atoms with van der Waals surface area (Å²) in [5.74, 6) is 4.84. The molecule has 0 spiro atoms. The lowest BCUT2D eigenvalue weighted by Gasteiger charge is -2.21. The normalized spacial score (nSPS) is 18.5. The van der Waals surface area contributed by atoms with Crippen molar-refractivity contribution >= 4 is 21.8 Å². The molecule has 1 atom stereocenters. The maximum absolute atomic E-state index is 11.4. The smallest absolute Gasteiger partial charge is 0.265 e. The summed E-state index contributed by atoms with van der Waals surface area (Å²) in [5.41, 5.74) is 3.81. The lowest BCUT2D eigenvalue weighted by molar-refractivity contribution is 0.0792. The molecule has 0 aliphatic carbocycles. The Morgan fingerprint density at radius 1 is 1.60 bits per heavy atom. The van der Waals surface area contributed by atoms with Crippen LogP contribution in [0.4, 0.5) is 0 Å². The topological polar surface area (TPSA) is 67.6 Å². The molecule has 0 saturated carbocycles. The van der Waals surface area contributed by atoms with Gasteiger partial charge in [0.1, 0.15) is 0 Å². The van der Waals surface area contributed by atoms with Crippen molar-refractivity contribution in [1.29, 1.82) is 0 Å². The van der Waals surface area contributed by atoms with E-state index in [9.17, 15) is 4.79 Å². The van der Waals surface area contributed by atoms with Crippen LogP contribution < -0.4 is 11.3 Å². The van der Waals surface area contributed by atoms with E-state index in [1.165, 1.54) is 0 Å². The number of carbonyl (C=O) groups excluding carboxylic acids is 1. The molecule has 5 nitrogen and oxygen atoms in total. The van der Waals surface area contributed by atoms with Gasteiger partial charge in [-0.15, -0.1) is 0 Å². The van der Waals surface area contributed by atoms with E-state index in [0.717, 1.165) is 42.6 Å². The summed E-state index contributed by atoms with van der Waals surface area (Å²) in [6.07, 6.45) is 2.65. The van der Waals surface area contributed by atoms with Crippen LogP contribution in [0.15, 0.2) is 22.7 Å². The van der Waals surface area contributed by atoms with Crippen LogP contribution in [-0.4, -0.2) is 37.1 Å². The number of rotatable bonds is 5. The molecule has 1 saturated heterocycles. The van der Waals surface area contributed by atoms with Crippen molar-refractivity contribution in [3.63, 3.8) is 0 Å². The molecule has 1 heterocycles. The summed E-state index contributed by atoms with van der Waals surface area (Å²) in [6.45, 7) is 2.62. The molecule has 0 bridgehead atoms. The van der Waals surface area contributed by atoms with E-state index in [4.69, 9.17) is 10.6 Å². The lowest BCUT2D eigenvalue weighted by Crippen LogP contribution is -2.30. The number of benzene rings is 1. The SMILES string of the molecule is CN(Cc1ccc(C(=O)NN)cc1Br)CC1CCCO1. The maximum Gasteiger partial charge on any atom is 0.265 e. The first-order valence-corrected chi connectivity index (χ1v) is 7.49. The van der Waals surface area contributed by atoms with Crippen molar-refractivity contribution in [2.75, 3.05) is 20.2 Å². The van der Waals surface area contributed by atoms with Gasteiger partial charge in [-0.05, 0) is 37.6 Å². The van der Waals surface area contributed by atoms with Gasteiger partial charge in [0.05, 0.1) is 6.10 Å². The molecule has 1 aromatic rings. The van der Waals surface area contributed by atoms with Gasteiger partial charge in [0, 0.05) is 29.7 Å². The van der Waals surface area contributed by atoms with Crippen LogP contribution in [0.2, 0.25) is 0 Å². The van der Waals surface area contributed by atoms with Crippen molar-refractivity contribution in [2.45, 2.75) is 25.5 Å². The standard InChI is InChI=1S/C14H20BrN3O2/c1-18(9-12-3-2-6-20-12)8-11-5-4-10(7-13(11)15)14(19)17-16/h4-5,7,12H,2-3,6,8-9,16H2,1H3,(H,17,19). The predicted molar refractivity (Wildman–Crippen MR) is 81.1 cm³/mol. The van der Waals surface area contributed by atoms with Crippen LogP contribution in [-0.2, 0) is 11.3 Å². The third kappa shape index (κ3) is 4.02. The third-order valence-corrected chi connectivity index (χ3v) is 4.16. The molecule has 1 fully saturated rings. The van der Waals surface area contributed by atoms with Gasteiger partial charge in [-0.25, -0.2) is 5.84 Å². The highest BCUT2D eigenvalue weighted by molar-refractivity contribution is 9.10.